The topological polar surface area (TPSA) is 102 Å². The highest BCUT2D eigenvalue weighted by atomic mass is 32.2. The number of imide groups is 1. The molecule has 9 heteroatoms. The molecule has 0 radical (unpaired) electrons. The summed E-state index contributed by atoms with van der Waals surface area (Å²) >= 11 is 1.26. The van der Waals surface area contributed by atoms with Crippen molar-refractivity contribution in [2.45, 2.75) is 49.1 Å². The van der Waals surface area contributed by atoms with Crippen molar-refractivity contribution in [1.82, 2.24) is 30.8 Å². The summed E-state index contributed by atoms with van der Waals surface area (Å²) in [7, 11) is 0. The Bertz CT molecular complexity index is 745. The van der Waals surface area contributed by atoms with Gasteiger partial charge in [0.2, 0.25) is 11.1 Å². The molecule has 0 saturated heterocycles. The van der Waals surface area contributed by atoms with Crippen LogP contribution in [0.25, 0.3) is 0 Å². The van der Waals surface area contributed by atoms with Crippen molar-refractivity contribution in [1.29, 1.82) is 0 Å². The minimum atomic E-state index is -0.620. The molecule has 1 heterocycles. The molecule has 1 aromatic heterocycles. The summed E-state index contributed by atoms with van der Waals surface area (Å²) in [5.41, 5.74) is 0.792. The molecule has 0 spiro atoms. The average Bonchev–Trinajstić information content (AvgIpc) is 3.31. The highest BCUT2D eigenvalue weighted by Gasteiger charge is 2.28. The minimum Gasteiger partial charge on any atom is -0.338 e. The maximum absolute atomic E-state index is 12.7. The Kier molecular flexibility index (Phi) is 6.21. The lowest BCUT2D eigenvalue weighted by atomic mass is 10.1. The van der Waals surface area contributed by atoms with Gasteiger partial charge in [-0.2, -0.15) is 0 Å². The molecular weight excluding hydrogens is 352 g/mol. The zero-order valence-corrected chi connectivity index (χ0v) is 15.4. The van der Waals surface area contributed by atoms with Crippen LogP contribution < -0.4 is 10.6 Å². The first-order valence-corrected chi connectivity index (χ1v) is 9.65. The van der Waals surface area contributed by atoms with E-state index in [0.29, 0.717) is 11.7 Å². The first-order chi connectivity index (χ1) is 12.7. The van der Waals surface area contributed by atoms with E-state index in [-0.39, 0.29) is 6.04 Å². The maximum Gasteiger partial charge on any atom is 0.321 e. The van der Waals surface area contributed by atoms with Crippen molar-refractivity contribution in [2.24, 2.45) is 0 Å². The van der Waals surface area contributed by atoms with Gasteiger partial charge < -0.3 is 5.32 Å². The Morgan fingerprint density at radius 1 is 1.27 bits per heavy atom. The van der Waals surface area contributed by atoms with Crippen LogP contribution in [0.1, 0.15) is 49.5 Å². The monoisotopic (exact) mass is 374 g/mol. The van der Waals surface area contributed by atoms with Crippen molar-refractivity contribution in [2.75, 3.05) is 6.54 Å². The van der Waals surface area contributed by atoms with Crippen molar-refractivity contribution >= 4 is 23.7 Å². The summed E-state index contributed by atoms with van der Waals surface area (Å²) in [4.78, 5) is 24.5. The average molecular weight is 374 g/mol. The van der Waals surface area contributed by atoms with Gasteiger partial charge in [-0.25, -0.2) is 9.48 Å². The standard InChI is InChI=1S/C17H22N6O2S/c1-2-18-16(25)19-15(24)14(12-8-4-3-5-9-12)26-17-20-21-22-23(17)13-10-6-7-11-13/h3-5,8-9,13-14H,2,6-7,10-11H2,1H3,(H2,18,19,24,25)/t14-/m1/s1. The molecule has 0 bridgehead atoms. The van der Waals surface area contributed by atoms with Gasteiger partial charge in [0, 0.05) is 6.54 Å². The van der Waals surface area contributed by atoms with Crippen LogP contribution in [0.2, 0.25) is 0 Å². The predicted molar refractivity (Wildman–Crippen MR) is 97.6 cm³/mol. The maximum atomic E-state index is 12.7. The molecule has 1 fully saturated rings. The quantitative estimate of drug-likeness (QED) is 0.753. The second-order valence-corrected chi connectivity index (χ2v) is 7.17. The fraction of sp³-hybridized carbons (Fsp3) is 0.471. The van der Waals surface area contributed by atoms with Crippen LogP contribution in [-0.4, -0.2) is 38.7 Å². The number of benzene rings is 1. The summed E-state index contributed by atoms with van der Waals surface area (Å²) < 4.78 is 1.81. The number of carbonyl (C=O) groups is 2. The number of rotatable bonds is 6. The molecule has 1 atom stereocenters. The van der Waals surface area contributed by atoms with E-state index in [1.54, 1.807) is 6.92 Å². The fourth-order valence-corrected chi connectivity index (χ4v) is 4.08. The van der Waals surface area contributed by atoms with E-state index in [2.05, 4.69) is 26.2 Å². The molecular formula is C17H22N6O2S. The molecule has 0 unspecified atom stereocenters. The van der Waals surface area contributed by atoms with Crippen molar-refractivity contribution in [3.63, 3.8) is 0 Å². The molecule has 2 aromatic rings. The summed E-state index contributed by atoms with van der Waals surface area (Å²) in [6.45, 7) is 2.24. The zero-order valence-electron chi connectivity index (χ0n) is 14.6. The van der Waals surface area contributed by atoms with E-state index in [1.807, 2.05) is 35.0 Å². The minimum absolute atomic E-state index is 0.273. The van der Waals surface area contributed by atoms with Crippen LogP contribution in [0.3, 0.4) is 0 Å². The normalized spacial score (nSPS) is 15.6. The third-order valence-electron chi connectivity index (χ3n) is 4.27. The van der Waals surface area contributed by atoms with Crippen LogP contribution in [0, 0.1) is 0 Å². The van der Waals surface area contributed by atoms with E-state index >= 15 is 0 Å². The Labute approximate surface area is 156 Å². The van der Waals surface area contributed by atoms with Gasteiger partial charge in [0.05, 0.1) is 6.04 Å². The second kappa shape index (κ2) is 8.79. The van der Waals surface area contributed by atoms with Gasteiger partial charge in [-0.1, -0.05) is 54.9 Å². The van der Waals surface area contributed by atoms with Crippen molar-refractivity contribution in [3.8, 4) is 0 Å². The number of amides is 3. The number of urea groups is 1. The number of hydrogen-bond acceptors (Lipinski definition) is 6. The number of aromatic nitrogens is 4. The lowest BCUT2D eigenvalue weighted by molar-refractivity contribution is -0.119. The SMILES string of the molecule is CCNC(=O)NC(=O)[C@H](Sc1nnnn1C1CCCC1)c1ccccc1. The van der Waals surface area contributed by atoms with Gasteiger partial charge >= 0.3 is 6.03 Å². The Balaban J connectivity index is 1.81. The van der Waals surface area contributed by atoms with Gasteiger partial charge in [-0.15, -0.1) is 5.10 Å². The van der Waals surface area contributed by atoms with Gasteiger partial charge in [0.1, 0.15) is 5.25 Å². The summed E-state index contributed by atoms with van der Waals surface area (Å²) in [5, 5.41) is 17.0. The smallest absolute Gasteiger partial charge is 0.321 e. The zero-order chi connectivity index (χ0) is 18.4. The molecule has 26 heavy (non-hydrogen) atoms. The largest absolute Gasteiger partial charge is 0.338 e. The Morgan fingerprint density at radius 2 is 2.00 bits per heavy atom. The summed E-state index contributed by atoms with van der Waals surface area (Å²) in [6, 6.07) is 9.10. The first-order valence-electron chi connectivity index (χ1n) is 8.77. The Hall–Kier alpha value is -2.42. The van der Waals surface area contributed by atoms with Crippen LogP contribution in [0.5, 0.6) is 0 Å². The van der Waals surface area contributed by atoms with E-state index < -0.39 is 17.2 Å². The Morgan fingerprint density at radius 3 is 2.69 bits per heavy atom. The van der Waals surface area contributed by atoms with Crippen molar-refractivity contribution < 1.29 is 9.59 Å². The molecule has 3 rings (SSSR count). The van der Waals surface area contributed by atoms with Crippen LogP contribution in [0.15, 0.2) is 35.5 Å². The summed E-state index contributed by atoms with van der Waals surface area (Å²) in [5.74, 6) is -0.395. The molecule has 1 saturated carbocycles. The lowest BCUT2D eigenvalue weighted by Crippen LogP contribution is -2.41. The van der Waals surface area contributed by atoms with E-state index in [1.165, 1.54) is 11.8 Å². The van der Waals surface area contributed by atoms with Crippen LogP contribution in [-0.2, 0) is 4.79 Å². The number of nitrogens with one attached hydrogen (secondary N) is 2. The van der Waals surface area contributed by atoms with E-state index in [9.17, 15) is 9.59 Å². The summed E-state index contributed by atoms with van der Waals surface area (Å²) in [6.07, 6.45) is 4.41. The predicted octanol–water partition coefficient (Wildman–Crippen LogP) is 2.47. The van der Waals surface area contributed by atoms with E-state index in [0.717, 1.165) is 31.2 Å². The number of nitrogens with zero attached hydrogens (tertiary/aromatic N) is 4. The lowest BCUT2D eigenvalue weighted by Gasteiger charge is -2.17. The first kappa shape index (κ1) is 18.4. The highest BCUT2D eigenvalue weighted by Crippen LogP contribution is 2.37. The van der Waals surface area contributed by atoms with E-state index in [4.69, 9.17) is 0 Å². The fourth-order valence-electron chi connectivity index (χ4n) is 3.03. The van der Waals surface area contributed by atoms with Crippen molar-refractivity contribution in [3.05, 3.63) is 35.9 Å². The second-order valence-electron chi connectivity index (χ2n) is 6.10. The highest BCUT2D eigenvalue weighted by molar-refractivity contribution is 8.00. The third-order valence-corrected chi connectivity index (χ3v) is 5.47. The van der Waals surface area contributed by atoms with Gasteiger partial charge in [-0.05, 0) is 35.8 Å². The molecule has 1 aromatic carbocycles. The number of hydrogen-bond donors (Lipinski definition) is 2. The molecule has 3 amide bonds. The van der Waals surface area contributed by atoms with Gasteiger partial charge in [0.25, 0.3) is 0 Å². The molecule has 1 aliphatic rings. The molecule has 138 valence electrons. The molecule has 0 aliphatic heterocycles. The number of thioether (sulfide) groups is 1. The van der Waals surface area contributed by atoms with Gasteiger partial charge in [0.15, 0.2) is 0 Å². The number of tetrazole rings is 1. The molecule has 1 aliphatic carbocycles. The molecule has 2 N–H and O–H groups in total. The molecule has 8 nitrogen and oxygen atoms in total. The van der Waals surface area contributed by atoms with Crippen LogP contribution >= 0.6 is 11.8 Å². The van der Waals surface area contributed by atoms with Crippen LogP contribution in [0.4, 0.5) is 4.79 Å². The number of carbonyl (C=O) groups excluding carboxylic acids is 2. The third kappa shape index (κ3) is 4.40. The van der Waals surface area contributed by atoms with Gasteiger partial charge in [-0.3, -0.25) is 10.1 Å².